The van der Waals surface area contributed by atoms with Crippen LogP contribution in [0.2, 0.25) is 0 Å². The Morgan fingerprint density at radius 1 is 0.730 bits per heavy atom. The van der Waals surface area contributed by atoms with E-state index in [9.17, 15) is 4.79 Å². The molecule has 0 fully saturated rings. The molecule has 0 aliphatic carbocycles. The summed E-state index contributed by atoms with van der Waals surface area (Å²) >= 11 is 0. The number of hydrogen-bond donors (Lipinski definition) is 0. The third-order valence-corrected chi connectivity index (χ3v) is 6.51. The fourth-order valence-corrected chi connectivity index (χ4v) is 4.15. The highest BCUT2D eigenvalue weighted by atomic mass is 16.6. The number of benzene rings is 2. The summed E-state index contributed by atoms with van der Waals surface area (Å²) in [5.74, 6) is 0.914. The molecule has 0 saturated carbocycles. The van der Waals surface area contributed by atoms with Gasteiger partial charge in [-0.05, 0) is 61.6 Å². The number of carbonyl (C=O) groups excluding carboxylic acids is 1. The standard InChI is InChI=1S/C32H42N2O3/c1-4-6-8-9-10-11-12-13-26-14-16-27(17-15-26)29-23-33-31(34-24-29)28-18-20-30(21-19-28)37-25(3)32(35)36-22-7-5-2/h14-21,23-25H,4-13,22H2,1-3H3. The zero-order chi connectivity index (χ0) is 26.3. The van der Waals surface area contributed by atoms with Gasteiger partial charge >= 0.3 is 5.97 Å². The second-order valence-electron chi connectivity index (χ2n) is 9.67. The molecule has 1 aromatic heterocycles. The van der Waals surface area contributed by atoms with Gasteiger partial charge in [0.2, 0.25) is 0 Å². The molecule has 1 unspecified atom stereocenters. The minimum Gasteiger partial charge on any atom is -0.479 e. The van der Waals surface area contributed by atoms with Crippen LogP contribution in [0.1, 0.15) is 84.1 Å². The van der Waals surface area contributed by atoms with Gasteiger partial charge in [0.05, 0.1) is 6.61 Å². The summed E-state index contributed by atoms with van der Waals surface area (Å²) in [7, 11) is 0. The first-order valence-electron chi connectivity index (χ1n) is 14.0. The molecule has 3 aromatic rings. The number of hydrogen-bond acceptors (Lipinski definition) is 5. The van der Waals surface area contributed by atoms with Crippen molar-refractivity contribution >= 4 is 5.97 Å². The number of esters is 1. The fraction of sp³-hybridized carbons (Fsp3) is 0.469. The lowest BCUT2D eigenvalue weighted by molar-refractivity contribution is -0.151. The van der Waals surface area contributed by atoms with Crippen LogP contribution in [0.25, 0.3) is 22.5 Å². The Morgan fingerprint density at radius 3 is 1.97 bits per heavy atom. The van der Waals surface area contributed by atoms with Gasteiger partial charge in [-0.2, -0.15) is 0 Å². The minimum atomic E-state index is -0.653. The minimum absolute atomic E-state index is 0.345. The summed E-state index contributed by atoms with van der Waals surface area (Å²) in [5.41, 5.74) is 4.41. The van der Waals surface area contributed by atoms with Crippen LogP contribution in [0.5, 0.6) is 5.75 Å². The van der Waals surface area contributed by atoms with Crippen LogP contribution in [-0.2, 0) is 16.0 Å². The van der Waals surface area contributed by atoms with Crippen LogP contribution in [0, 0.1) is 0 Å². The van der Waals surface area contributed by atoms with E-state index in [0.717, 1.165) is 36.0 Å². The second-order valence-corrected chi connectivity index (χ2v) is 9.67. The molecule has 0 amide bonds. The van der Waals surface area contributed by atoms with Crippen molar-refractivity contribution in [1.29, 1.82) is 0 Å². The third kappa shape index (κ3) is 9.64. The van der Waals surface area contributed by atoms with Crippen molar-refractivity contribution in [2.24, 2.45) is 0 Å². The van der Waals surface area contributed by atoms with E-state index in [0.29, 0.717) is 18.2 Å². The zero-order valence-electron chi connectivity index (χ0n) is 22.7. The number of rotatable bonds is 16. The second kappa shape index (κ2) is 15.8. The monoisotopic (exact) mass is 502 g/mol. The average Bonchev–Trinajstić information content (AvgIpc) is 2.93. The summed E-state index contributed by atoms with van der Waals surface area (Å²) in [6.07, 6.45) is 15.4. The number of unbranched alkanes of at least 4 members (excludes halogenated alkanes) is 7. The van der Waals surface area contributed by atoms with Gasteiger partial charge in [-0.25, -0.2) is 14.8 Å². The van der Waals surface area contributed by atoms with E-state index >= 15 is 0 Å². The Labute approximate surface area is 222 Å². The largest absolute Gasteiger partial charge is 0.479 e. The van der Waals surface area contributed by atoms with Crippen LogP contribution in [0.4, 0.5) is 0 Å². The highest BCUT2D eigenvalue weighted by Gasteiger charge is 2.16. The smallest absolute Gasteiger partial charge is 0.347 e. The first kappa shape index (κ1) is 28.4. The first-order valence-corrected chi connectivity index (χ1v) is 14.0. The molecular formula is C32H42N2O3. The van der Waals surface area contributed by atoms with Crippen molar-refractivity contribution < 1.29 is 14.3 Å². The Balaban J connectivity index is 1.48. The number of aryl methyl sites for hydroxylation is 1. The van der Waals surface area contributed by atoms with E-state index in [2.05, 4.69) is 48.1 Å². The lowest BCUT2D eigenvalue weighted by Gasteiger charge is -2.14. The van der Waals surface area contributed by atoms with E-state index in [4.69, 9.17) is 9.47 Å². The summed E-state index contributed by atoms with van der Waals surface area (Å²) in [4.78, 5) is 21.2. The molecule has 198 valence electrons. The molecule has 37 heavy (non-hydrogen) atoms. The van der Waals surface area contributed by atoms with Crippen molar-refractivity contribution in [3.63, 3.8) is 0 Å². The third-order valence-electron chi connectivity index (χ3n) is 6.51. The van der Waals surface area contributed by atoms with Gasteiger partial charge in [0.1, 0.15) is 5.75 Å². The summed E-state index contributed by atoms with van der Waals surface area (Å²) in [6, 6.07) is 16.2. The molecule has 2 aromatic carbocycles. The van der Waals surface area contributed by atoms with E-state index < -0.39 is 6.10 Å². The lowest BCUT2D eigenvalue weighted by Crippen LogP contribution is -2.26. The van der Waals surface area contributed by atoms with Gasteiger partial charge in [0.25, 0.3) is 0 Å². The van der Waals surface area contributed by atoms with Crippen LogP contribution in [-0.4, -0.2) is 28.6 Å². The van der Waals surface area contributed by atoms with Crippen LogP contribution >= 0.6 is 0 Å². The first-order chi connectivity index (χ1) is 18.1. The number of nitrogens with zero attached hydrogens (tertiary/aromatic N) is 2. The molecule has 0 bridgehead atoms. The molecule has 5 heteroatoms. The van der Waals surface area contributed by atoms with Crippen molar-refractivity contribution in [2.45, 2.75) is 91.1 Å². The van der Waals surface area contributed by atoms with Gasteiger partial charge in [-0.1, -0.05) is 83.1 Å². The maximum atomic E-state index is 12.0. The molecule has 0 N–H and O–H groups in total. The molecule has 0 aliphatic rings. The average molecular weight is 503 g/mol. The maximum Gasteiger partial charge on any atom is 0.347 e. The number of aromatic nitrogens is 2. The number of ether oxygens (including phenoxy) is 2. The Kier molecular flexibility index (Phi) is 12.1. The zero-order valence-corrected chi connectivity index (χ0v) is 22.7. The van der Waals surface area contributed by atoms with Gasteiger partial charge in [-0.15, -0.1) is 0 Å². The molecule has 1 heterocycles. The van der Waals surface area contributed by atoms with Crippen molar-refractivity contribution in [3.8, 4) is 28.3 Å². The quantitative estimate of drug-likeness (QED) is 0.146. The van der Waals surface area contributed by atoms with E-state index in [1.165, 1.54) is 50.5 Å². The van der Waals surface area contributed by atoms with Crippen molar-refractivity contribution in [3.05, 3.63) is 66.5 Å². The van der Waals surface area contributed by atoms with Gasteiger partial charge in [0, 0.05) is 23.5 Å². The molecule has 0 aliphatic heterocycles. The predicted octanol–water partition coefficient (Wildman–Crippen LogP) is 8.21. The SMILES string of the molecule is CCCCCCCCCc1ccc(-c2cnc(-c3ccc(OC(C)C(=O)OCCCC)cc3)nc2)cc1. The lowest BCUT2D eigenvalue weighted by atomic mass is 10.0. The molecular weight excluding hydrogens is 460 g/mol. The highest BCUT2D eigenvalue weighted by Crippen LogP contribution is 2.23. The summed E-state index contributed by atoms with van der Waals surface area (Å²) in [5, 5.41) is 0. The van der Waals surface area contributed by atoms with E-state index in [1.807, 2.05) is 36.7 Å². The Bertz CT molecular complexity index is 1050. The molecule has 0 spiro atoms. The topological polar surface area (TPSA) is 61.3 Å². The van der Waals surface area contributed by atoms with Crippen LogP contribution < -0.4 is 4.74 Å². The molecule has 3 rings (SSSR count). The van der Waals surface area contributed by atoms with Crippen molar-refractivity contribution in [1.82, 2.24) is 9.97 Å². The Morgan fingerprint density at radius 2 is 1.32 bits per heavy atom. The molecule has 0 saturated heterocycles. The summed E-state index contributed by atoms with van der Waals surface area (Å²) in [6.45, 7) is 6.45. The van der Waals surface area contributed by atoms with E-state index in [-0.39, 0.29) is 5.97 Å². The van der Waals surface area contributed by atoms with Gasteiger partial charge in [0.15, 0.2) is 11.9 Å². The fourth-order valence-electron chi connectivity index (χ4n) is 4.15. The highest BCUT2D eigenvalue weighted by molar-refractivity contribution is 5.74. The van der Waals surface area contributed by atoms with Crippen molar-refractivity contribution in [2.75, 3.05) is 6.61 Å². The maximum absolute atomic E-state index is 12.0. The summed E-state index contributed by atoms with van der Waals surface area (Å²) < 4.78 is 10.9. The van der Waals surface area contributed by atoms with Gasteiger partial charge < -0.3 is 9.47 Å². The normalized spacial score (nSPS) is 11.8. The number of carbonyl (C=O) groups is 1. The van der Waals surface area contributed by atoms with Crippen LogP contribution in [0.15, 0.2) is 60.9 Å². The van der Waals surface area contributed by atoms with E-state index in [1.54, 1.807) is 6.92 Å². The molecule has 1 atom stereocenters. The molecule has 5 nitrogen and oxygen atoms in total. The van der Waals surface area contributed by atoms with Crippen LogP contribution in [0.3, 0.4) is 0 Å². The predicted molar refractivity (Wildman–Crippen MR) is 151 cm³/mol. The molecule has 0 radical (unpaired) electrons. The van der Waals surface area contributed by atoms with Gasteiger partial charge in [-0.3, -0.25) is 0 Å². The Hall–Kier alpha value is -3.21.